The Morgan fingerprint density at radius 3 is 3.00 bits per heavy atom. The van der Waals surface area contributed by atoms with E-state index in [1.165, 1.54) is 0 Å². The molecule has 2 aromatic rings. The van der Waals surface area contributed by atoms with Crippen LogP contribution < -0.4 is 5.32 Å². The number of carbonyl (C=O) groups is 1. The highest BCUT2D eigenvalue weighted by Gasteiger charge is 2.19. The fourth-order valence-electron chi connectivity index (χ4n) is 1.70. The fourth-order valence-corrected chi connectivity index (χ4v) is 2.35. The number of aryl methyl sites for hydroxylation is 2. The Balaban J connectivity index is 2.23. The van der Waals surface area contributed by atoms with Crippen molar-refractivity contribution in [2.45, 2.75) is 13.5 Å². The van der Waals surface area contributed by atoms with Crippen LogP contribution in [0.4, 0.5) is 5.82 Å². The summed E-state index contributed by atoms with van der Waals surface area (Å²) in [6.45, 7) is 2.30. The van der Waals surface area contributed by atoms with Crippen molar-refractivity contribution in [2.24, 2.45) is 7.05 Å². The number of hydrogen-bond donors (Lipinski definition) is 2. The van der Waals surface area contributed by atoms with Gasteiger partial charge in [-0.1, -0.05) is 6.07 Å². The first kappa shape index (κ1) is 11.7. The maximum absolute atomic E-state index is 11.1. The van der Waals surface area contributed by atoms with E-state index in [0.29, 0.717) is 18.1 Å². The third-order valence-corrected chi connectivity index (χ3v) is 3.32. The summed E-state index contributed by atoms with van der Waals surface area (Å²) in [5.41, 5.74) is 0.762. The second-order valence-electron chi connectivity index (χ2n) is 3.67. The van der Waals surface area contributed by atoms with Crippen LogP contribution in [0.15, 0.2) is 17.5 Å². The van der Waals surface area contributed by atoms with Gasteiger partial charge in [0.25, 0.3) is 0 Å². The van der Waals surface area contributed by atoms with Crippen LogP contribution in [-0.4, -0.2) is 20.9 Å². The quantitative estimate of drug-likeness (QED) is 0.873. The number of nitrogens with zero attached hydrogens (tertiary/aromatic N) is 2. The van der Waals surface area contributed by atoms with E-state index in [0.717, 1.165) is 4.88 Å². The molecule has 0 unspecified atom stereocenters. The lowest BCUT2D eigenvalue weighted by molar-refractivity contribution is 0.0697. The first-order valence-electron chi connectivity index (χ1n) is 5.12. The van der Waals surface area contributed by atoms with Gasteiger partial charge in [-0.05, 0) is 18.4 Å². The molecule has 6 heteroatoms. The lowest BCUT2D eigenvalue weighted by atomic mass is 10.2. The van der Waals surface area contributed by atoms with Crippen molar-refractivity contribution >= 4 is 23.1 Å². The Kier molecular flexibility index (Phi) is 3.14. The number of rotatable bonds is 4. The van der Waals surface area contributed by atoms with Gasteiger partial charge >= 0.3 is 5.97 Å². The topological polar surface area (TPSA) is 67.2 Å². The first-order valence-corrected chi connectivity index (χ1v) is 6.00. The second kappa shape index (κ2) is 4.58. The maximum Gasteiger partial charge on any atom is 0.341 e. The van der Waals surface area contributed by atoms with Gasteiger partial charge in [-0.2, -0.15) is 5.10 Å². The van der Waals surface area contributed by atoms with Gasteiger partial charge in [0.15, 0.2) is 0 Å². The fraction of sp³-hybridized carbons (Fsp3) is 0.273. The van der Waals surface area contributed by atoms with Gasteiger partial charge < -0.3 is 10.4 Å². The monoisotopic (exact) mass is 251 g/mol. The molecule has 0 saturated carbocycles. The molecule has 2 aromatic heterocycles. The molecular weight excluding hydrogens is 238 g/mol. The molecule has 0 aliphatic rings. The molecule has 0 amide bonds. The van der Waals surface area contributed by atoms with Gasteiger partial charge in [0, 0.05) is 11.9 Å². The molecule has 0 bridgehead atoms. The zero-order valence-electron chi connectivity index (χ0n) is 9.60. The zero-order chi connectivity index (χ0) is 12.4. The van der Waals surface area contributed by atoms with E-state index in [-0.39, 0.29) is 5.56 Å². The van der Waals surface area contributed by atoms with Crippen molar-refractivity contribution in [3.63, 3.8) is 0 Å². The van der Waals surface area contributed by atoms with Crippen LogP contribution in [-0.2, 0) is 13.6 Å². The third kappa shape index (κ3) is 2.31. The van der Waals surface area contributed by atoms with Crippen LogP contribution in [0.1, 0.15) is 20.9 Å². The molecule has 90 valence electrons. The molecule has 0 atom stereocenters. The molecule has 2 heterocycles. The normalized spacial score (nSPS) is 10.5. The van der Waals surface area contributed by atoms with Gasteiger partial charge in [0.05, 0.1) is 12.2 Å². The molecule has 0 saturated heterocycles. The van der Waals surface area contributed by atoms with E-state index < -0.39 is 5.97 Å². The smallest absolute Gasteiger partial charge is 0.341 e. The highest BCUT2D eigenvalue weighted by Crippen LogP contribution is 2.20. The molecule has 2 N–H and O–H groups in total. The molecule has 0 aromatic carbocycles. The first-order chi connectivity index (χ1) is 8.09. The maximum atomic E-state index is 11.1. The predicted octanol–water partition coefficient (Wildman–Crippen LogP) is 2.10. The number of anilines is 1. The Bertz CT molecular complexity index is 531. The number of nitrogens with one attached hydrogen (secondary N) is 1. The van der Waals surface area contributed by atoms with Crippen LogP contribution in [0.3, 0.4) is 0 Å². The van der Waals surface area contributed by atoms with E-state index in [1.807, 2.05) is 17.5 Å². The Morgan fingerprint density at radius 2 is 2.41 bits per heavy atom. The number of carboxylic acids is 1. The van der Waals surface area contributed by atoms with Crippen molar-refractivity contribution in [1.82, 2.24) is 9.78 Å². The van der Waals surface area contributed by atoms with Crippen molar-refractivity contribution < 1.29 is 9.90 Å². The van der Waals surface area contributed by atoms with Crippen molar-refractivity contribution in [1.29, 1.82) is 0 Å². The highest BCUT2D eigenvalue weighted by molar-refractivity contribution is 7.09. The Morgan fingerprint density at radius 1 is 1.65 bits per heavy atom. The van der Waals surface area contributed by atoms with E-state index in [1.54, 1.807) is 30.0 Å². The van der Waals surface area contributed by atoms with Gasteiger partial charge in [-0.15, -0.1) is 11.3 Å². The summed E-state index contributed by atoms with van der Waals surface area (Å²) < 4.78 is 1.56. The Labute approximate surface area is 103 Å². The zero-order valence-corrected chi connectivity index (χ0v) is 10.4. The van der Waals surface area contributed by atoms with E-state index in [9.17, 15) is 4.79 Å². The summed E-state index contributed by atoms with van der Waals surface area (Å²) >= 11 is 1.63. The number of thiophene rings is 1. The lowest BCUT2D eigenvalue weighted by Gasteiger charge is -2.06. The average Bonchev–Trinajstić information content (AvgIpc) is 2.83. The predicted molar refractivity (Wildman–Crippen MR) is 66.6 cm³/mol. The van der Waals surface area contributed by atoms with E-state index in [2.05, 4.69) is 10.4 Å². The number of aromatic carboxylic acids is 1. The summed E-state index contributed by atoms with van der Waals surface area (Å²) in [6.07, 6.45) is 0. The minimum absolute atomic E-state index is 0.240. The van der Waals surface area contributed by atoms with E-state index in [4.69, 9.17) is 5.11 Å². The molecule has 2 rings (SSSR count). The average molecular weight is 251 g/mol. The summed E-state index contributed by atoms with van der Waals surface area (Å²) in [5, 5.41) is 18.3. The molecule has 0 aliphatic carbocycles. The number of carboxylic acid groups (broad SMARTS) is 1. The van der Waals surface area contributed by atoms with Gasteiger partial charge in [0.1, 0.15) is 11.4 Å². The van der Waals surface area contributed by atoms with Crippen molar-refractivity contribution in [3.05, 3.63) is 33.6 Å². The molecule has 0 aliphatic heterocycles. The summed E-state index contributed by atoms with van der Waals surface area (Å²) in [4.78, 5) is 12.3. The minimum Gasteiger partial charge on any atom is -0.477 e. The number of aromatic nitrogens is 2. The standard InChI is InChI=1S/C11H13N3O2S/c1-7-9(11(15)16)10(14(2)13-7)12-6-8-4-3-5-17-8/h3-5,12H,6H2,1-2H3,(H,15,16). The van der Waals surface area contributed by atoms with Crippen LogP contribution in [0, 0.1) is 6.92 Å². The van der Waals surface area contributed by atoms with Crippen molar-refractivity contribution in [3.8, 4) is 0 Å². The molecule has 0 radical (unpaired) electrons. The summed E-state index contributed by atoms with van der Waals surface area (Å²) in [7, 11) is 1.73. The summed E-state index contributed by atoms with van der Waals surface area (Å²) in [5.74, 6) is -0.410. The van der Waals surface area contributed by atoms with Crippen LogP contribution in [0.5, 0.6) is 0 Å². The van der Waals surface area contributed by atoms with Crippen molar-refractivity contribution in [2.75, 3.05) is 5.32 Å². The SMILES string of the molecule is Cc1nn(C)c(NCc2cccs2)c1C(=O)O. The molecular formula is C11H13N3O2S. The van der Waals surface area contributed by atoms with Gasteiger partial charge in [-0.3, -0.25) is 4.68 Å². The lowest BCUT2D eigenvalue weighted by Crippen LogP contribution is -2.08. The van der Waals surface area contributed by atoms with Crippen LogP contribution in [0.25, 0.3) is 0 Å². The number of hydrogen-bond acceptors (Lipinski definition) is 4. The largest absolute Gasteiger partial charge is 0.477 e. The molecule has 5 nitrogen and oxygen atoms in total. The minimum atomic E-state index is -0.954. The van der Waals surface area contributed by atoms with Crippen LogP contribution in [0.2, 0.25) is 0 Å². The Hall–Kier alpha value is -1.82. The summed E-state index contributed by atoms with van der Waals surface area (Å²) in [6, 6.07) is 3.97. The molecule has 17 heavy (non-hydrogen) atoms. The van der Waals surface area contributed by atoms with E-state index >= 15 is 0 Å². The van der Waals surface area contributed by atoms with Crippen LogP contribution >= 0.6 is 11.3 Å². The van der Waals surface area contributed by atoms with Gasteiger partial charge in [-0.25, -0.2) is 4.79 Å². The third-order valence-electron chi connectivity index (χ3n) is 2.45. The van der Waals surface area contributed by atoms with Gasteiger partial charge in [0.2, 0.25) is 0 Å². The molecule has 0 fully saturated rings. The highest BCUT2D eigenvalue weighted by atomic mass is 32.1. The molecule has 0 spiro atoms. The second-order valence-corrected chi connectivity index (χ2v) is 4.70.